The summed E-state index contributed by atoms with van der Waals surface area (Å²) in [6, 6.07) is 9.96. The third kappa shape index (κ3) is 5.41. The number of carbonyl (C=O) groups is 1. The molecule has 1 rings (SSSR count). The molecule has 2 atom stereocenters. The predicted molar refractivity (Wildman–Crippen MR) is 75.0 cm³/mol. The first kappa shape index (κ1) is 15.7. The Morgan fingerprint density at radius 3 is 2.58 bits per heavy atom. The molecule has 1 N–H and O–H groups in total. The highest BCUT2D eigenvalue weighted by Crippen LogP contribution is 2.19. The maximum atomic E-state index is 12.0. The van der Waals surface area contributed by atoms with E-state index in [1.165, 1.54) is 7.11 Å². The number of likely N-dealkylation sites (N-methyl/N-ethyl adjacent to an activating group) is 1. The first-order chi connectivity index (χ1) is 9.04. The molecule has 2 unspecified atom stereocenters. The van der Waals surface area contributed by atoms with Crippen molar-refractivity contribution in [2.24, 2.45) is 0 Å². The van der Waals surface area contributed by atoms with Crippen LogP contribution in [0.25, 0.3) is 0 Å². The number of hydrogen-bond acceptors (Lipinski definition) is 3. The molecular weight excluding hydrogens is 242 g/mol. The van der Waals surface area contributed by atoms with Gasteiger partial charge in [-0.2, -0.15) is 0 Å². The van der Waals surface area contributed by atoms with E-state index in [1.54, 1.807) is 11.9 Å². The van der Waals surface area contributed by atoms with Crippen LogP contribution in [0, 0.1) is 0 Å². The Morgan fingerprint density at radius 2 is 2.00 bits per heavy atom. The molecule has 19 heavy (non-hydrogen) atoms. The molecule has 0 heterocycles. The van der Waals surface area contributed by atoms with Gasteiger partial charge in [0.05, 0.1) is 12.7 Å². The lowest BCUT2D eigenvalue weighted by molar-refractivity contribution is -0.131. The zero-order chi connectivity index (χ0) is 14.3. The molecule has 0 aliphatic carbocycles. The minimum Gasteiger partial charge on any atom is -0.389 e. The summed E-state index contributed by atoms with van der Waals surface area (Å²) in [5.74, 6) is 0.210. The Balaban J connectivity index is 2.46. The van der Waals surface area contributed by atoms with Crippen molar-refractivity contribution in [1.29, 1.82) is 0 Å². The fraction of sp³-hybridized carbons (Fsp3) is 0.533. The molecular formula is C15H23NO3. The highest BCUT2D eigenvalue weighted by molar-refractivity contribution is 5.76. The SMILES string of the molecule is COCC(O)CN(C)C(=O)CC(C)c1ccccc1. The fourth-order valence-corrected chi connectivity index (χ4v) is 1.98. The maximum Gasteiger partial charge on any atom is 0.223 e. The van der Waals surface area contributed by atoms with Crippen molar-refractivity contribution in [2.75, 3.05) is 27.3 Å². The number of amides is 1. The number of methoxy groups -OCH3 is 1. The van der Waals surface area contributed by atoms with Crippen LogP contribution >= 0.6 is 0 Å². The lowest BCUT2D eigenvalue weighted by Crippen LogP contribution is -2.36. The van der Waals surface area contributed by atoms with Crippen LogP contribution in [0.4, 0.5) is 0 Å². The van der Waals surface area contributed by atoms with Gasteiger partial charge in [-0.25, -0.2) is 0 Å². The molecule has 1 aromatic rings. The Hall–Kier alpha value is -1.39. The number of aliphatic hydroxyl groups is 1. The van der Waals surface area contributed by atoms with Crippen LogP contribution < -0.4 is 0 Å². The van der Waals surface area contributed by atoms with Gasteiger partial charge in [0.2, 0.25) is 5.91 Å². The monoisotopic (exact) mass is 265 g/mol. The van der Waals surface area contributed by atoms with Crippen molar-refractivity contribution in [2.45, 2.75) is 25.4 Å². The highest BCUT2D eigenvalue weighted by atomic mass is 16.5. The average molecular weight is 265 g/mol. The third-order valence-corrected chi connectivity index (χ3v) is 3.12. The molecule has 1 aromatic carbocycles. The number of ether oxygens (including phenoxy) is 1. The summed E-state index contributed by atoms with van der Waals surface area (Å²) in [4.78, 5) is 13.6. The summed E-state index contributed by atoms with van der Waals surface area (Å²) >= 11 is 0. The molecule has 0 saturated carbocycles. The van der Waals surface area contributed by atoms with E-state index in [4.69, 9.17) is 4.74 Å². The quantitative estimate of drug-likeness (QED) is 0.815. The summed E-state index contributed by atoms with van der Waals surface area (Å²) < 4.78 is 4.85. The minimum atomic E-state index is -0.633. The molecule has 0 saturated heterocycles. The van der Waals surface area contributed by atoms with Gasteiger partial charge in [0, 0.05) is 27.1 Å². The molecule has 4 nitrogen and oxygen atoms in total. The summed E-state index contributed by atoms with van der Waals surface area (Å²) in [5.41, 5.74) is 1.15. The second kappa shape index (κ2) is 7.92. The molecule has 0 aromatic heterocycles. The van der Waals surface area contributed by atoms with Crippen LogP contribution in [0.3, 0.4) is 0 Å². The number of carbonyl (C=O) groups excluding carboxylic acids is 1. The summed E-state index contributed by atoms with van der Waals surface area (Å²) in [6.07, 6.45) is -0.189. The van der Waals surface area contributed by atoms with Crippen LogP contribution in [0.1, 0.15) is 24.8 Å². The van der Waals surface area contributed by atoms with E-state index < -0.39 is 6.10 Å². The van der Waals surface area contributed by atoms with Gasteiger partial charge in [-0.3, -0.25) is 4.79 Å². The van der Waals surface area contributed by atoms with E-state index in [9.17, 15) is 9.90 Å². The third-order valence-electron chi connectivity index (χ3n) is 3.12. The van der Waals surface area contributed by atoms with Crippen molar-refractivity contribution in [3.8, 4) is 0 Å². The van der Waals surface area contributed by atoms with E-state index >= 15 is 0 Å². The van der Waals surface area contributed by atoms with Gasteiger partial charge in [-0.05, 0) is 11.5 Å². The minimum absolute atomic E-state index is 0.0338. The Kier molecular flexibility index (Phi) is 6.53. The van der Waals surface area contributed by atoms with Gasteiger partial charge in [0.15, 0.2) is 0 Å². The molecule has 0 radical (unpaired) electrons. The molecule has 0 aliphatic heterocycles. The van der Waals surface area contributed by atoms with E-state index in [2.05, 4.69) is 0 Å². The van der Waals surface area contributed by atoms with E-state index in [-0.39, 0.29) is 18.4 Å². The Morgan fingerprint density at radius 1 is 1.37 bits per heavy atom. The first-order valence-electron chi connectivity index (χ1n) is 6.50. The average Bonchev–Trinajstić information content (AvgIpc) is 2.39. The molecule has 106 valence electrons. The van der Waals surface area contributed by atoms with E-state index in [0.717, 1.165) is 5.56 Å². The fourth-order valence-electron chi connectivity index (χ4n) is 1.98. The molecule has 1 amide bonds. The van der Waals surface area contributed by atoms with Crippen molar-refractivity contribution < 1.29 is 14.6 Å². The van der Waals surface area contributed by atoms with Crippen LogP contribution in [0.5, 0.6) is 0 Å². The Labute approximate surface area is 115 Å². The van der Waals surface area contributed by atoms with Crippen LogP contribution in [0.2, 0.25) is 0 Å². The van der Waals surface area contributed by atoms with E-state index in [1.807, 2.05) is 37.3 Å². The predicted octanol–water partition coefficient (Wildman–Crippen LogP) is 1.65. The largest absolute Gasteiger partial charge is 0.389 e. The van der Waals surface area contributed by atoms with Gasteiger partial charge < -0.3 is 14.7 Å². The lowest BCUT2D eigenvalue weighted by Gasteiger charge is -2.22. The molecule has 0 spiro atoms. The van der Waals surface area contributed by atoms with Crippen molar-refractivity contribution in [3.05, 3.63) is 35.9 Å². The topological polar surface area (TPSA) is 49.8 Å². The first-order valence-corrected chi connectivity index (χ1v) is 6.50. The van der Waals surface area contributed by atoms with Gasteiger partial charge in [0.1, 0.15) is 0 Å². The number of rotatable bonds is 7. The van der Waals surface area contributed by atoms with Gasteiger partial charge >= 0.3 is 0 Å². The van der Waals surface area contributed by atoms with Gasteiger partial charge in [-0.15, -0.1) is 0 Å². The molecule has 0 bridgehead atoms. The van der Waals surface area contributed by atoms with Crippen molar-refractivity contribution in [3.63, 3.8) is 0 Å². The summed E-state index contributed by atoms with van der Waals surface area (Å²) in [5, 5.41) is 9.60. The highest BCUT2D eigenvalue weighted by Gasteiger charge is 2.17. The van der Waals surface area contributed by atoms with E-state index in [0.29, 0.717) is 13.0 Å². The number of aliphatic hydroxyl groups excluding tert-OH is 1. The van der Waals surface area contributed by atoms with Gasteiger partial charge in [-0.1, -0.05) is 37.3 Å². The van der Waals surface area contributed by atoms with Crippen LogP contribution in [0.15, 0.2) is 30.3 Å². The van der Waals surface area contributed by atoms with Crippen LogP contribution in [-0.4, -0.2) is 49.3 Å². The van der Waals surface area contributed by atoms with Crippen molar-refractivity contribution in [1.82, 2.24) is 4.90 Å². The standard InChI is InChI=1S/C15H23NO3/c1-12(13-7-5-4-6-8-13)9-15(18)16(2)10-14(17)11-19-3/h4-8,12,14,17H,9-11H2,1-3H3. The second-order valence-electron chi connectivity index (χ2n) is 4.90. The second-order valence-corrected chi connectivity index (χ2v) is 4.90. The molecule has 0 fully saturated rings. The zero-order valence-electron chi connectivity index (χ0n) is 11.9. The normalized spacial score (nSPS) is 13.9. The maximum absolute atomic E-state index is 12.0. The number of benzene rings is 1. The van der Waals surface area contributed by atoms with Crippen LogP contribution in [-0.2, 0) is 9.53 Å². The molecule has 4 heteroatoms. The number of nitrogens with zero attached hydrogens (tertiary/aromatic N) is 1. The summed E-state index contributed by atoms with van der Waals surface area (Å²) in [7, 11) is 3.24. The summed E-state index contributed by atoms with van der Waals surface area (Å²) in [6.45, 7) is 2.58. The Bertz CT molecular complexity index is 380. The number of hydrogen-bond donors (Lipinski definition) is 1. The lowest BCUT2D eigenvalue weighted by atomic mass is 9.97. The molecule has 0 aliphatic rings. The van der Waals surface area contributed by atoms with Gasteiger partial charge in [0.25, 0.3) is 0 Å². The van der Waals surface area contributed by atoms with Crippen molar-refractivity contribution >= 4 is 5.91 Å². The smallest absolute Gasteiger partial charge is 0.223 e. The zero-order valence-corrected chi connectivity index (χ0v) is 11.9.